The summed E-state index contributed by atoms with van der Waals surface area (Å²) in [6.07, 6.45) is 5.98. The smallest absolute Gasteiger partial charge is 0.225 e. The molecule has 1 aromatic carbocycles. The summed E-state index contributed by atoms with van der Waals surface area (Å²) in [5.74, 6) is 1.58. The summed E-state index contributed by atoms with van der Waals surface area (Å²) < 4.78 is 11.9. The lowest BCUT2D eigenvalue weighted by molar-refractivity contribution is -0.116. The monoisotopic (exact) mass is 441 g/mol. The van der Waals surface area contributed by atoms with Crippen molar-refractivity contribution in [1.82, 2.24) is 9.97 Å². The largest absolute Gasteiger partial charge is 0.496 e. The predicted octanol–water partition coefficient (Wildman–Crippen LogP) is 4.40. The van der Waals surface area contributed by atoms with E-state index in [0.29, 0.717) is 31.0 Å². The van der Waals surface area contributed by atoms with Crippen LogP contribution in [0.15, 0.2) is 65.5 Å². The van der Waals surface area contributed by atoms with E-state index in [0.717, 1.165) is 21.3 Å². The zero-order chi connectivity index (χ0) is 19.8. The van der Waals surface area contributed by atoms with Gasteiger partial charge in [-0.25, -0.2) is 4.98 Å². The molecule has 0 bridgehead atoms. The van der Waals surface area contributed by atoms with Crippen LogP contribution in [0.5, 0.6) is 11.5 Å². The van der Waals surface area contributed by atoms with Gasteiger partial charge in [-0.1, -0.05) is 6.07 Å². The average molecular weight is 442 g/mol. The first-order valence-corrected chi connectivity index (χ1v) is 9.54. The molecule has 0 aliphatic rings. The highest BCUT2D eigenvalue weighted by molar-refractivity contribution is 9.10. The highest BCUT2D eigenvalue weighted by Gasteiger charge is 2.10. The molecule has 0 fully saturated rings. The van der Waals surface area contributed by atoms with Gasteiger partial charge in [-0.2, -0.15) is 0 Å². The fraction of sp³-hybridized carbons (Fsp3) is 0.190. The Morgan fingerprint density at radius 2 is 1.89 bits per heavy atom. The maximum absolute atomic E-state index is 12.4. The molecule has 7 heteroatoms. The van der Waals surface area contributed by atoms with Crippen molar-refractivity contribution >= 4 is 27.7 Å². The van der Waals surface area contributed by atoms with Crippen LogP contribution in [-0.4, -0.2) is 23.0 Å². The number of amides is 1. The van der Waals surface area contributed by atoms with Gasteiger partial charge in [0.05, 0.1) is 11.6 Å². The molecule has 3 aromatic rings. The number of halogens is 1. The summed E-state index contributed by atoms with van der Waals surface area (Å²) in [6.45, 7) is 0.372. The second-order valence-electron chi connectivity index (χ2n) is 6.01. The molecule has 0 radical (unpaired) electrons. The van der Waals surface area contributed by atoms with Crippen LogP contribution in [-0.2, 0) is 17.8 Å². The first-order valence-electron chi connectivity index (χ1n) is 8.74. The first-order chi connectivity index (χ1) is 13.7. The molecule has 1 amide bonds. The lowest BCUT2D eigenvalue weighted by Crippen LogP contribution is -2.14. The minimum Gasteiger partial charge on any atom is -0.496 e. The summed E-state index contributed by atoms with van der Waals surface area (Å²) in [5.41, 5.74) is 2.03. The third kappa shape index (κ3) is 5.53. The molecule has 1 N–H and O–H groups in total. The Hall–Kier alpha value is -2.93. The van der Waals surface area contributed by atoms with Crippen LogP contribution >= 0.6 is 15.9 Å². The molecule has 6 nitrogen and oxygen atoms in total. The van der Waals surface area contributed by atoms with Crippen LogP contribution in [0.1, 0.15) is 17.5 Å². The number of benzene rings is 1. The molecule has 2 aromatic heterocycles. The third-order valence-electron chi connectivity index (χ3n) is 4.03. The molecule has 0 spiro atoms. The standard InChI is InChI=1S/C21H20BrN3O3/c1-27-18-6-4-15(13-17(18)22)5-7-20(26)25-21-19(3-2-10-24-21)28-14-16-8-11-23-12-9-16/h2-4,6,8-13H,5,7,14H2,1H3,(H,24,25,26). The van der Waals surface area contributed by atoms with Crippen LogP contribution in [0.4, 0.5) is 5.82 Å². The van der Waals surface area contributed by atoms with Crippen LogP contribution in [0, 0.1) is 0 Å². The zero-order valence-corrected chi connectivity index (χ0v) is 17.0. The van der Waals surface area contributed by atoms with Crippen molar-refractivity contribution < 1.29 is 14.3 Å². The van der Waals surface area contributed by atoms with E-state index in [2.05, 4.69) is 31.2 Å². The van der Waals surface area contributed by atoms with Crippen LogP contribution in [0.3, 0.4) is 0 Å². The zero-order valence-electron chi connectivity index (χ0n) is 15.4. The lowest BCUT2D eigenvalue weighted by atomic mass is 10.1. The highest BCUT2D eigenvalue weighted by atomic mass is 79.9. The Balaban J connectivity index is 1.57. The number of anilines is 1. The molecule has 0 aliphatic heterocycles. The lowest BCUT2D eigenvalue weighted by Gasteiger charge is -2.11. The van der Waals surface area contributed by atoms with E-state index in [9.17, 15) is 4.79 Å². The van der Waals surface area contributed by atoms with Crippen molar-refractivity contribution in [3.05, 3.63) is 76.7 Å². The summed E-state index contributed by atoms with van der Waals surface area (Å²) in [4.78, 5) is 20.6. The number of nitrogens with one attached hydrogen (secondary N) is 1. The molecule has 0 aliphatic carbocycles. The van der Waals surface area contributed by atoms with E-state index in [1.165, 1.54) is 0 Å². The number of aryl methyl sites for hydroxylation is 1. The number of methoxy groups -OCH3 is 1. The molecule has 0 unspecified atom stereocenters. The number of ether oxygens (including phenoxy) is 2. The molecule has 2 heterocycles. The summed E-state index contributed by atoms with van der Waals surface area (Å²) >= 11 is 3.46. The number of hydrogen-bond acceptors (Lipinski definition) is 5. The maximum atomic E-state index is 12.4. The van der Waals surface area contributed by atoms with E-state index >= 15 is 0 Å². The maximum Gasteiger partial charge on any atom is 0.225 e. The number of nitrogens with zero attached hydrogens (tertiary/aromatic N) is 2. The molecule has 0 saturated carbocycles. The van der Waals surface area contributed by atoms with E-state index in [4.69, 9.17) is 9.47 Å². The SMILES string of the molecule is COc1ccc(CCC(=O)Nc2ncccc2OCc2ccncc2)cc1Br. The Kier molecular flexibility index (Phi) is 6.97. The van der Waals surface area contributed by atoms with Crippen molar-refractivity contribution in [2.45, 2.75) is 19.4 Å². The topological polar surface area (TPSA) is 73.3 Å². The minimum atomic E-state index is -0.126. The van der Waals surface area contributed by atoms with Gasteiger partial charge >= 0.3 is 0 Å². The van der Waals surface area contributed by atoms with Gasteiger partial charge in [-0.3, -0.25) is 9.78 Å². The van der Waals surface area contributed by atoms with Crippen LogP contribution in [0.2, 0.25) is 0 Å². The van der Waals surface area contributed by atoms with E-state index in [1.54, 1.807) is 37.8 Å². The van der Waals surface area contributed by atoms with Crippen molar-refractivity contribution in [1.29, 1.82) is 0 Å². The second kappa shape index (κ2) is 9.85. The molecule has 0 saturated heterocycles. The van der Waals surface area contributed by atoms with Crippen molar-refractivity contribution in [2.75, 3.05) is 12.4 Å². The molecule has 0 atom stereocenters. The van der Waals surface area contributed by atoms with E-state index in [-0.39, 0.29) is 5.91 Å². The normalized spacial score (nSPS) is 10.4. The minimum absolute atomic E-state index is 0.126. The van der Waals surface area contributed by atoms with Crippen LogP contribution < -0.4 is 14.8 Å². The van der Waals surface area contributed by atoms with E-state index < -0.39 is 0 Å². The van der Waals surface area contributed by atoms with Gasteiger partial charge < -0.3 is 14.8 Å². The summed E-state index contributed by atoms with van der Waals surface area (Å²) in [6, 6.07) is 13.1. The fourth-order valence-corrected chi connectivity index (χ4v) is 3.15. The van der Waals surface area contributed by atoms with Gasteiger partial charge in [0.2, 0.25) is 5.91 Å². The van der Waals surface area contributed by atoms with Gasteiger partial charge in [0.1, 0.15) is 12.4 Å². The number of aromatic nitrogens is 2. The molecule has 3 rings (SSSR count). The second-order valence-corrected chi connectivity index (χ2v) is 6.87. The molecular formula is C21H20BrN3O3. The Morgan fingerprint density at radius 1 is 1.07 bits per heavy atom. The number of carbonyl (C=O) groups is 1. The van der Waals surface area contributed by atoms with Crippen molar-refractivity contribution in [3.63, 3.8) is 0 Å². The van der Waals surface area contributed by atoms with Crippen molar-refractivity contribution in [2.24, 2.45) is 0 Å². The van der Waals surface area contributed by atoms with Gasteiger partial charge in [-0.15, -0.1) is 0 Å². The highest BCUT2D eigenvalue weighted by Crippen LogP contribution is 2.26. The number of hydrogen-bond donors (Lipinski definition) is 1. The quantitative estimate of drug-likeness (QED) is 0.560. The van der Waals surface area contributed by atoms with Gasteiger partial charge in [0.25, 0.3) is 0 Å². The van der Waals surface area contributed by atoms with Crippen molar-refractivity contribution in [3.8, 4) is 11.5 Å². The molecule has 144 valence electrons. The summed E-state index contributed by atoms with van der Waals surface area (Å²) in [5, 5.41) is 2.83. The molecule has 28 heavy (non-hydrogen) atoms. The average Bonchev–Trinajstić information content (AvgIpc) is 2.72. The summed E-state index contributed by atoms with van der Waals surface area (Å²) in [7, 11) is 1.62. The fourth-order valence-electron chi connectivity index (χ4n) is 2.56. The Morgan fingerprint density at radius 3 is 2.64 bits per heavy atom. The van der Waals surface area contributed by atoms with Gasteiger partial charge in [0.15, 0.2) is 11.6 Å². The third-order valence-corrected chi connectivity index (χ3v) is 4.65. The Bertz CT molecular complexity index is 935. The number of rotatable bonds is 8. The molecular weight excluding hydrogens is 422 g/mol. The number of pyridine rings is 2. The Labute approximate surface area is 172 Å². The van der Waals surface area contributed by atoms with E-state index in [1.807, 2.05) is 30.3 Å². The number of carbonyl (C=O) groups excluding carboxylic acids is 1. The van der Waals surface area contributed by atoms with Crippen LogP contribution in [0.25, 0.3) is 0 Å². The van der Waals surface area contributed by atoms with Gasteiger partial charge in [-0.05, 0) is 69.9 Å². The van der Waals surface area contributed by atoms with Gasteiger partial charge in [0, 0.05) is 25.0 Å². The first kappa shape index (κ1) is 19.8. The predicted molar refractivity (Wildman–Crippen MR) is 110 cm³/mol.